The summed E-state index contributed by atoms with van der Waals surface area (Å²) in [7, 11) is 0. The topological polar surface area (TPSA) is 83.1 Å². The average molecular weight is 440 g/mol. The number of amides is 1. The van der Waals surface area contributed by atoms with Gasteiger partial charge in [0.1, 0.15) is 11.8 Å². The van der Waals surface area contributed by atoms with Gasteiger partial charge in [-0.25, -0.2) is 10.9 Å². The molecular weight excluding hydrogens is 406 g/mol. The number of benzene rings is 2. The number of carbonyl (C=O) groups excluding carboxylic acids is 1. The molecule has 0 aliphatic carbocycles. The molecule has 0 bridgehead atoms. The normalized spacial score (nSPS) is 24.6. The number of nitrogens with one attached hydrogen (secondary N) is 2. The number of ether oxygens (including phenoxy) is 2. The van der Waals surface area contributed by atoms with Crippen molar-refractivity contribution in [2.45, 2.75) is 51.7 Å². The van der Waals surface area contributed by atoms with Crippen LogP contribution in [-0.4, -0.2) is 41.7 Å². The summed E-state index contributed by atoms with van der Waals surface area (Å²) in [6.07, 6.45) is 2.05. The second-order valence-electron chi connectivity index (χ2n) is 8.29. The lowest BCUT2D eigenvalue weighted by molar-refractivity contribution is -0.130. The van der Waals surface area contributed by atoms with Gasteiger partial charge in [-0.05, 0) is 44.0 Å². The molecule has 4 atom stereocenters. The van der Waals surface area contributed by atoms with Crippen LogP contribution >= 0.6 is 0 Å². The summed E-state index contributed by atoms with van der Waals surface area (Å²) >= 11 is 0. The van der Waals surface area contributed by atoms with Crippen molar-refractivity contribution in [3.63, 3.8) is 0 Å². The molecule has 32 heavy (non-hydrogen) atoms. The molecule has 0 spiro atoms. The van der Waals surface area contributed by atoms with E-state index in [0.29, 0.717) is 25.5 Å². The Morgan fingerprint density at radius 2 is 1.78 bits per heavy atom. The van der Waals surface area contributed by atoms with E-state index in [1.54, 1.807) is 12.1 Å². The van der Waals surface area contributed by atoms with Crippen molar-refractivity contribution >= 4 is 5.91 Å². The fraction of sp³-hybridized carbons (Fsp3) is 0.480. The molecule has 0 aromatic heterocycles. The molecular formula is C25H33N3O4. The van der Waals surface area contributed by atoms with Crippen molar-refractivity contribution in [2.24, 2.45) is 5.92 Å². The van der Waals surface area contributed by atoms with Gasteiger partial charge >= 0.3 is 0 Å². The Morgan fingerprint density at radius 3 is 2.50 bits per heavy atom. The number of hydrogen-bond acceptors (Lipinski definition) is 6. The zero-order chi connectivity index (χ0) is 22.7. The van der Waals surface area contributed by atoms with E-state index in [9.17, 15) is 9.90 Å². The van der Waals surface area contributed by atoms with Crippen LogP contribution in [0.25, 0.3) is 0 Å². The molecule has 2 fully saturated rings. The van der Waals surface area contributed by atoms with Gasteiger partial charge < -0.3 is 19.5 Å². The van der Waals surface area contributed by atoms with Crippen LogP contribution in [0.4, 0.5) is 0 Å². The Kier molecular flexibility index (Phi) is 6.86. The summed E-state index contributed by atoms with van der Waals surface area (Å²) in [5.74, 6) is 1.63. The number of rotatable bonds is 9. The summed E-state index contributed by atoms with van der Waals surface area (Å²) in [6, 6.07) is 12.6. The van der Waals surface area contributed by atoms with Crippen molar-refractivity contribution in [1.82, 2.24) is 15.8 Å². The Morgan fingerprint density at radius 1 is 1.00 bits per heavy atom. The Bertz CT molecular complexity index is 951. The predicted octanol–water partition coefficient (Wildman–Crippen LogP) is 3.71. The van der Waals surface area contributed by atoms with E-state index in [-0.39, 0.29) is 35.7 Å². The molecule has 4 unspecified atom stereocenters. The van der Waals surface area contributed by atoms with Gasteiger partial charge in [-0.1, -0.05) is 37.6 Å². The van der Waals surface area contributed by atoms with Gasteiger partial charge in [0, 0.05) is 18.0 Å². The molecule has 2 saturated heterocycles. The summed E-state index contributed by atoms with van der Waals surface area (Å²) in [5.41, 5.74) is 8.24. The lowest BCUT2D eigenvalue weighted by Gasteiger charge is -2.31. The quantitative estimate of drug-likeness (QED) is 0.517. The van der Waals surface area contributed by atoms with E-state index in [1.165, 1.54) is 0 Å². The molecule has 2 aliphatic rings. The Labute approximate surface area is 189 Å². The lowest BCUT2D eigenvalue weighted by Crippen LogP contribution is -2.41. The second kappa shape index (κ2) is 9.79. The second-order valence-corrected chi connectivity index (χ2v) is 8.29. The number of para-hydroxylation sites is 1. The number of aromatic hydroxyl groups is 1. The van der Waals surface area contributed by atoms with Crippen LogP contribution in [0, 0.1) is 5.92 Å². The first-order valence-electron chi connectivity index (χ1n) is 11.6. The van der Waals surface area contributed by atoms with Gasteiger partial charge in [0.05, 0.1) is 25.3 Å². The molecule has 7 heteroatoms. The number of phenols is 1. The zero-order valence-corrected chi connectivity index (χ0v) is 19.0. The van der Waals surface area contributed by atoms with Crippen LogP contribution in [0.2, 0.25) is 0 Å². The molecule has 2 aromatic carbocycles. The first-order chi connectivity index (χ1) is 15.6. The molecule has 0 radical (unpaired) electrons. The van der Waals surface area contributed by atoms with E-state index in [0.717, 1.165) is 29.7 Å². The van der Waals surface area contributed by atoms with E-state index in [4.69, 9.17) is 9.47 Å². The maximum Gasteiger partial charge on any atom is 0.242 e. The van der Waals surface area contributed by atoms with E-state index < -0.39 is 0 Å². The number of phenolic OH excluding ortho intramolecular Hbond substituents is 1. The molecule has 1 amide bonds. The van der Waals surface area contributed by atoms with E-state index in [2.05, 4.69) is 17.8 Å². The van der Waals surface area contributed by atoms with Gasteiger partial charge in [0.2, 0.25) is 5.91 Å². The lowest BCUT2D eigenvalue weighted by atomic mass is 9.83. The predicted molar refractivity (Wildman–Crippen MR) is 123 cm³/mol. The highest BCUT2D eigenvalue weighted by Gasteiger charge is 2.55. The van der Waals surface area contributed by atoms with Crippen LogP contribution < -0.4 is 20.3 Å². The third-order valence-electron chi connectivity index (χ3n) is 6.39. The molecule has 7 nitrogen and oxygen atoms in total. The van der Waals surface area contributed by atoms with Gasteiger partial charge in [-0.2, -0.15) is 0 Å². The minimum absolute atomic E-state index is 0.0640. The average Bonchev–Trinajstić information content (AvgIpc) is 3.34. The third-order valence-corrected chi connectivity index (χ3v) is 6.39. The number of nitrogens with zero attached hydrogens (tertiary/aromatic N) is 1. The molecule has 0 saturated carbocycles. The molecule has 2 heterocycles. The van der Waals surface area contributed by atoms with Crippen LogP contribution in [-0.2, 0) is 4.79 Å². The van der Waals surface area contributed by atoms with Crippen LogP contribution in [0.3, 0.4) is 0 Å². The minimum atomic E-state index is -0.361. The summed E-state index contributed by atoms with van der Waals surface area (Å²) in [6.45, 7) is 7.87. The SMILES string of the molecule is CCCCOc1ccc(C2C3C(NNC3c3ccccc3O)C(=O)N2CC)cc1OCC. The van der Waals surface area contributed by atoms with Gasteiger partial charge in [-0.15, -0.1) is 0 Å². The third kappa shape index (κ3) is 4.02. The smallest absolute Gasteiger partial charge is 0.242 e. The van der Waals surface area contributed by atoms with Crippen molar-refractivity contribution in [2.75, 3.05) is 19.8 Å². The van der Waals surface area contributed by atoms with Crippen LogP contribution in [0.15, 0.2) is 42.5 Å². The van der Waals surface area contributed by atoms with E-state index >= 15 is 0 Å². The Hall–Kier alpha value is -2.77. The number of carbonyl (C=O) groups is 1. The largest absolute Gasteiger partial charge is 0.508 e. The van der Waals surface area contributed by atoms with Gasteiger partial charge in [-0.3, -0.25) is 4.79 Å². The van der Waals surface area contributed by atoms with Crippen LogP contribution in [0.1, 0.15) is 56.8 Å². The van der Waals surface area contributed by atoms with E-state index in [1.807, 2.05) is 49.1 Å². The standard InChI is InChI=1S/C25H33N3O4/c1-4-7-14-32-19-13-12-16(15-20(19)31-6-3)24-21-22(17-10-8-9-11-18(17)29)26-27-23(21)25(30)28(24)5-2/h8-13,15,21-24,26-27,29H,4-7,14H2,1-3H3. The monoisotopic (exact) mass is 439 g/mol. The fourth-order valence-corrected chi connectivity index (χ4v) is 4.89. The highest BCUT2D eigenvalue weighted by atomic mass is 16.5. The molecule has 2 aromatic rings. The maximum atomic E-state index is 13.2. The molecule has 172 valence electrons. The summed E-state index contributed by atoms with van der Waals surface area (Å²) in [5, 5.41) is 10.5. The molecule has 3 N–H and O–H groups in total. The number of hydrogen-bond donors (Lipinski definition) is 3. The van der Waals surface area contributed by atoms with Gasteiger partial charge in [0.25, 0.3) is 0 Å². The van der Waals surface area contributed by atoms with Crippen molar-refractivity contribution in [3.05, 3.63) is 53.6 Å². The Balaban J connectivity index is 1.72. The zero-order valence-electron chi connectivity index (χ0n) is 19.0. The summed E-state index contributed by atoms with van der Waals surface area (Å²) in [4.78, 5) is 15.1. The van der Waals surface area contributed by atoms with Crippen molar-refractivity contribution < 1.29 is 19.4 Å². The van der Waals surface area contributed by atoms with Crippen LogP contribution in [0.5, 0.6) is 17.2 Å². The first kappa shape index (κ1) is 22.4. The maximum absolute atomic E-state index is 13.2. The summed E-state index contributed by atoms with van der Waals surface area (Å²) < 4.78 is 11.9. The number of likely N-dealkylation sites (tertiary alicyclic amines) is 1. The highest BCUT2D eigenvalue weighted by Crippen LogP contribution is 2.49. The first-order valence-corrected chi connectivity index (χ1v) is 11.6. The molecule has 2 aliphatic heterocycles. The van der Waals surface area contributed by atoms with Crippen molar-refractivity contribution in [1.29, 1.82) is 0 Å². The number of unbranched alkanes of at least 4 members (excludes halogenated alkanes) is 1. The number of fused-ring (bicyclic) bond motifs is 1. The fourth-order valence-electron chi connectivity index (χ4n) is 4.89. The number of hydrazine groups is 1. The minimum Gasteiger partial charge on any atom is -0.508 e. The molecule has 4 rings (SSSR count). The van der Waals surface area contributed by atoms with Crippen molar-refractivity contribution in [3.8, 4) is 17.2 Å². The highest BCUT2D eigenvalue weighted by molar-refractivity contribution is 5.86. The van der Waals surface area contributed by atoms with Gasteiger partial charge in [0.15, 0.2) is 11.5 Å². The number of likely N-dealkylation sites (N-methyl/N-ethyl adjacent to an activating group) is 1.